The number of hydrogen-bond acceptors (Lipinski definition) is 2. The molecule has 3 heteroatoms. The summed E-state index contributed by atoms with van der Waals surface area (Å²) in [5.74, 6) is 0.921. The minimum atomic E-state index is -0.401. The van der Waals surface area contributed by atoms with E-state index in [9.17, 15) is 4.79 Å². The highest BCUT2D eigenvalue weighted by Gasteiger charge is 2.39. The third kappa shape index (κ3) is 3.44. The van der Waals surface area contributed by atoms with Gasteiger partial charge in [-0.15, -0.1) is 0 Å². The smallest absolute Gasteiger partial charge is 0.411 e. The molecule has 2 unspecified atom stereocenters. The average Bonchev–Trinajstić information content (AvgIpc) is 2.30. The lowest BCUT2D eigenvalue weighted by atomic mass is 9.76. The van der Waals surface area contributed by atoms with Gasteiger partial charge in [-0.1, -0.05) is 30.9 Å². The monoisotopic (exact) mass is 291 g/mol. The fourth-order valence-corrected chi connectivity index (χ4v) is 3.94. The Morgan fingerprint density at radius 3 is 2.52 bits per heavy atom. The molecule has 2 bridgehead atoms. The van der Waals surface area contributed by atoms with Crippen LogP contribution in [0.25, 0.3) is 0 Å². The molecule has 0 N–H and O–H groups in total. The molecule has 3 aliphatic rings. The summed E-state index contributed by atoms with van der Waals surface area (Å²) in [6.45, 7) is 5.84. The number of carbonyl (C=O) groups excluding carboxylic acids is 1. The number of piperidine rings is 1. The van der Waals surface area contributed by atoms with Gasteiger partial charge in [0, 0.05) is 6.04 Å². The summed E-state index contributed by atoms with van der Waals surface area (Å²) in [5.41, 5.74) is 1.20. The Morgan fingerprint density at radius 2 is 1.95 bits per heavy atom. The van der Waals surface area contributed by atoms with Crippen LogP contribution < -0.4 is 0 Å². The summed E-state index contributed by atoms with van der Waals surface area (Å²) in [6.07, 6.45) is 12.3. The Hall–Kier alpha value is -0.990. The Labute approximate surface area is 128 Å². The molecule has 1 amide bonds. The second-order valence-electron chi connectivity index (χ2n) is 8.07. The third-order valence-corrected chi connectivity index (χ3v) is 5.09. The average molecular weight is 291 g/mol. The number of fused-ring (bicyclic) bond motifs is 2. The van der Waals surface area contributed by atoms with Gasteiger partial charge in [0.05, 0.1) is 6.04 Å². The lowest BCUT2D eigenvalue weighted by Gasteiger charge is -2.45. The molecule has 0 aromatic heterocycles. The van der Waals surface area contributed by atoms with E-state index in [1.165, 1.54) is 32.1 Å². The maximum atomic E-state index is 12.5. The van der Waals surface area contributed by atoms with Crippen LogP contribution in [0.4, 0.5) is 4.79 Å². The predicted octanol–water partition coefficient (Wildman–Crippen LogP) is 4.66. The molecule has 3 nitrogen and oxygen atoms in total. The van der Waals surface area contributed by atoms with Crippen molar-refractivity contribution in [3.05, 3.63) is 11.6 Å². The highest BCUT2D eigenvalue weighted by molar-refractivity contribution is 5.70. The van der Waals surface area contributed by atoms with Crippen LogP contribution in [-0.4, -0.2) is 28.7 Å². The van der Waals surface area contributed by atoms with Crippen molar-refractivity contribution in [1.82, 2.24) is 4.90 Å². The van der Waals surface area contributed by atoms with Crippen molar-refractivity contribution in [2.75, 3.05) is 0 Å². The molecule has 2 aliphatic heterocycles. The number of ether oxygens (including phenoxy) is 1. The fourth-order valence-electron chi connectivity index (χ4n) is 3.94. The van der Waals surface area contributed by atoms with Gasteiger partial charge in [-0.3, -0.25) is 4.90 Å². The molecule has 21 heavy (non-hydrogen) atoms. The normalized spacial score (nSPS) is 29.7. The molecular weight excluding hydrogens is 262 g/mol. The number of hydrogen-bond donors (Lipinski definition) is 0. The molecular formula is C18H29NO2. The largest absolute Gasteiger partial charge is 0.444 e. The predicted molar refractivity (Wildman–Crippen MR) is 84.2 cm³/mol. The second-order valence-corrected chi connectivity index (χ2v) is 8.07. The Kier molecular flexibility index (Phi) is 4.02. The molecule has 118 valence electrons. The zero-order valence-corrected chi connectivity index (χ0v) is 13.7. The van der Waals surface area contributed by atoms with Crippen LogP contribution in [0.15, 0.2) is 11.6 Å². The van der Waals surface area contributed by atoms with Crippen LogP contribution in [0.3, 0.4) is 0 Å². The van der Waals surface area contributed by atoms with E-state index < -0.39 is 5.60 Å². The van der Waals surface area contributed by atoms with E-state index in [4.69, 9.17) is 4.74 Å². The molecule has 2 fully saturated rings. The molecule has 2 atom stereocenters. The van der Waals surface area contributed by atoms with Crippen LogP contribution in [0, 0.1) is 5.92 Å². The van der Waals surface area contributed by atoms with Gasteiger partial charge in [-0.2, -0.15) is 0 Å². The van der Waals surface area contributed by atoms with Gasteiger partial charge < -0.3 is 4.74 Å². The van der Waals surface area contributed by atoms with Gasteiger partial charge in [-0.25, -0.2) is 4.79 Å². The molecule has 3 rings (SSSR count). The first kappa shape index (κ1) is 14.9. The van der Waals surface area contributed by atoms with Crippen molar-refractivity contribution in [3.63, 3.8) is 0 Å². The highest BCUT2D eigenvalue weighted by atomic mass is 16.6. The summed E-state index contributed by atoms with van der Waals surface area (Å²) in [7, 11) is 0. The molecule has 0 aromatic carbocycles. The van der Waals surface area contributed by atoms with Crippen molar-refractivity contribution < 1.29 is 9.53 Å². The minimum absolute atomic E-state index is 0.115. The molecule has 0 radical (unpaired) electrons. The van der Waals surface area contributed by atoms with E-state index in [2.05, 4.69) is 6.08 Å². The third-order valence-electron chi connectivity index (χ3n) is 5.09. The number of nitrogens with zero attached hydrogens (tertiary/aromatic N) is 1. The summed E-state index contributed by atoms with van der Waals surface area (Å²) in [4.78, 5) is 14.5. The van der Waals surface area contributed by atoms with Gasteiger partial charge in [0.15, 0.2) is 0 Å². The molecule has 0 spiro atoms. The maximum Gasteiger partial charge on any atom is 0.411 e. The zero-order chi connectivity index (χ0) is 15.0. The summed E-state index contributed by atoms with van der Waals surface area (Å²) < 4.78 is 5.62. The van der Waals surface area contributed by atoms with E-state index in [0.717, 1.165) is 25.2 Å². The lowest BCUT2D eigenvalue weighted by molar-refractivity contribution is -0.00179. The SMILES string of the molecule is CC(C)(C)OC(=O)N1C2C=C(CC3CCC3)CC1CCC2. The first-order chi connectivity index (χ1) is 9.92. The van der Waals surface area contributed by atoms with Crippen LogP contribution in [-0.2, 0) is 4.74 Å². The summed E-state index contributed by atoms with van der Waals surface area (Å²) in [6, 6.07) is 0.654. The topological polar surface area (TPSA) is 29.5 Å². The Bertz CT molecular complexity index is 431. The van der Waals surface area contributed by atoms with Crippen molar-refractivity contribution in [2.45, 2.75) is 89.8 Å². The Balaban J connectivity index is 1.69. The second kappa shape index (κ2) is 5.66. The highest BCUT2D eigenvalue weighted by Crippen LogP contribution is 2.39. The van der Waals surface area contributed by atoms with Crippen molar-refractivity contribution in [3.8, 4) is 0 Å². The van der Waals surface area contributed by atoms with Crippen molar-refractivity contribution in [1.29, 1.82) is 0 Å². The van der Waals surface area contributed by atoms with E-state index in [1.54, 1.807) is 5.57 Å². The quantitative estimate of drug-likeness (QED) is 0.692. The van der Waals surface area contributed by atoms with Crippen LogP contribution in [0.2, 0.25) is 0 Å². The van der Waals surface area contributed by atoms with Gasteiger partial charge >= 0.3 is 6.09 Å². The summed E-state index contributed by atoms with van der Waals surface area (Å²) >= 11 is 0. The molecule has 1 saturated heterocycles. The van der Waals surface area contributed by atoms with Crippen molar-refractivity contribution >= 4 is 6.09 Å². The molecule has 1 saturated carbocycles. The number of carbonyl (C=O) groups is 1. The standard InChI is InChI=1S/C18H29NO2/c1-18(2,3)21-17(20)19-15-8-5-9-16(19)12-14(11-15)10-13-6-4-7-13/h11,13,15-16H,4-10,12H2,1-3H3. The van der Waals surface area contributed by atoms with E-state index in [0.29, 0.717) is 6.04 Å². The van der Waals surface area contributed by atoms with E-state index in [1.807, 2.05) is 25.7 Å². The molecule has 2 heterocycles. The van der Waals surface area contributed by atoms with Gasteiger partial charge in [0.1, 0.15) is 5.60 Å². The summed E-state index contributed by atoms with van der Waals surface area (Å²) in [5, 5.41) is 0. The van der Waals surface area contributed by atoms with Gasteiger partial charge in [0.25, 0.3) is 0 Å². The molecule has 0 aromatic rings. The van der Waals surface area contributed by atoms with Crippen LogP contribution >= 0.6 is 0 Å². The Morgan fingerprint density at radius 1 is 1.24 bits per heavy atom. The van der Waals surface area contributed by atoms with E-state index >= 15 is 0 Å². The van der Waals surface area contributed by atoms with E-state index in [-0.39, 0.29) is 12.1 Å². The zero-order valence-electron chi connectivity index (χ0n) is 13.7. The lowest BCUT2D eigenvalue weighted by Crippen LogP contribution is -2.53. The number of amides is 1. The first-order valence-corrected chi connectivity index (χ1v) is 8.63. The van der Waals surface area contributed by atoms with Crippen LogP contribution in [0.1, 0.15) is 72.1 Å². The molecule has 1 aliphatic carbocycles. The number of rotatable bonds is 2. The van der Waals surface area contributed by atoms with Gasteiger partial charge in [-0.05, 0) is 58.8 Å². The maximum absolute atomic E-state index is 12.5. The first-order valence-electron chi connectivity index (χ1n) is 8.63. The fraction of sp³-hybridized carbons (Fsp3) is 0.833. The van der Waals surface area contributed by atoms with Gasteiger partial charge in [0.2, 0.25) is 0 Å². The van der Waals surface area contributed by atoms with Crippen LogP contribution in [0.5, 0.6) is 0 Å². The minimum Gasteiger partial charge on any atom is -0.444 e. The van der Waals surface area contributed by atoms with Crippen molar-refractivity contribution in [2.24, 2.45) is 5.92 Å².